The molecule has 0 unspecified atom stereocenters. The van der Waals surface area contributed by atoms with Crippen molar-refractivity contribution in [3.63, 3.8) is 0 Å². The Hall–Kier alpha value is -2.19. The highest BCUT2D eigenvalue weighted by atomic mass is 32.2. The summed E-state index contributed by atoms with van der Waals surface area (Å²) in [6.07, 6.45) is 0.546. The third-order valence-corrected chi connectivity index (χ3v) is 5.21. The van der Waals surface area contributed by atoms with Gasteiger partial charge in [-0.3, -0.25) is 0 Å². The van der Waals surface area contributed by atoms with Crippen LogP contribution in [0.1, 0.15) is 22.9 Å². The van der Waals surface area contributed by atoms with Crippen LogP contribution in [0.4, 0.5) is 0 Å². The summed E-state index contributed by atoms with van der Waals surface area (Å²) in [6, 6.07) is 5.64. The molecule has 3 rings (SSSR count). The standard InChI is InChI=1S/C15H17N3O4S/c1-9-15(10(2)22-18-9)23(19,20)16-7-6-12-4-5-14-13(8-12)17-11(3)21-14/h4-5,8,16H,6-7H2,1-3H3. The second-order valence-electron chi connectivity index (χ2n) is 5.34. The molecule has 122 valence electrons. The summed E-state index contributed by atoms with van der Waals surface area (Å²) >= 11 is 0. The molecule has 8 heteroatoms. The molecule has 0 atom stereocenters. The van der Waals surface area contributed by atoms with E-state index < -0.39 is 10.0 Å². The number of hydrogen-bond acceptors (Lipinski definition) is 6. The first kappa shape index (κ1) is 15.7. The fraction of sp³-hybridized carbons (Fsp3) is 0.333. The van der Waals surface area contributed by atoms with Gasteiger partial charge in [-0.15, -0.1) is 0 Å². The first-order valence-corrected chi connectivity index (χ1v) is 8.64. The van der Waals surface area contributed by atoms with Gasteiger partial charge >= 0.3 is 0 Å². The van der Waals surface area contributed by atoms with Crippen LogP contribution in [0.2, 0.25) is 0 Å². The predicted molar refractivity (Wildman–Crippen MR) is 83.6 cm³/mol. The highest BCUT2D eigenvalue weighted by Crippen LogP contribution is 2.19. The van der Waals surface area contributed by atoms with Crippen molar-refractivity contribution in [1.29, 1.82) is 0 Å². The van der Waals surface area contributed by atoms with Gasteiger partial charge in [0.2, 0.25) is 10.0 Å². The van der Waals surface area contributed by atoms with Gasteiger partial charge in [0.1, 0.15) is 16.1 Å². The molecule has 23 heavy (non-hydrogen) atoms. The van der Waals surface area contributed by atoms with Gasteiger partial charge in [-0.2, -0.15) is 0 Å². The number of benzene rings is 1. The number of fused-ring (bicyclic) bond motifs is 1. The maximum absolute atomic E-state index is 12.3. The topological polar surface area (TPSA) is 98.2 Å². The first-order valence-electron chi connectivity index (χ1n) is 7.15. The van der Waals surface area contributed by atoms with Gasteiger partial charge in [-0.05, 0) is 38.0 Å². The molecule has 1 aromatic carbocycles. The lowest BCUT2D eigenvalue weighted by atomic mass is 10.1. The lowest BCUT2D eigenvalue weighted by Crippen LogP contribution is -2.26. The van der Waals surface area contributed by atoms with Crippen LogP contribution < -0.4 is 4.72 Å². The Morgan fingerprint density at radius 1 is 1.22 bits per heavy atom. The SMILES string of the molecule is Cc1nc2cc(CCNS(=O)(=O)c3c(C)noc3C)ccc2o1. The molecule has 1 N–H and O–H groups in total. The molecule has 7 nitrogen and oxygen atoms in total. The lowest BCUT2D eigenvalue weighted by molar-refractivity contribution is 0.390. The Labute approximate surface area is 133 Å². The van der Waals surface area contributed by atoms with Gasteiger partial charge in [-0.25, -0.2) is 18.1 Å². The van der Waals surface area contributed by atoms with E-state index in [2.05, 4.69) is 14.9 Å². The number of nitrogens with zero attached hydrogens (tertiary/aromatic N) is 2. The minimum absolute atomic E-state index is 0.111. The van der Waals surface area contributed by atoms with Gasteiger partial charge in [0, 0.05) is 13.5 Å². The Bertz CT molecular complexity index is 937. The summed E-state index contributed by atoms with van der Waals surface area (Å²) in [5.41, 5.74) is 2.83. The quantitative estimate of drug-likeness (QED) is 0.768. The highest BCUT2D eigenvalue weighted by Gasteiger charge is 2.23. The first-order chi connectivity index (χ1) is 10.9. The van der Waals surface area contributed by atoms with Crippen molar-refractivity contribution < 1.29 is 17.4 Å². The zero-order valence-corrected chi connectivity index (χ0v) is 13.9. The summed E-state index contributed by atoms with van der Waals surface area (Å²) in [6.45, 7) is 5.24. The molecule has 0 aliphatic rings. The number of sulfonamides is 1. The zero-order valence-electron chi connectivity index (χ0n) is 13.1. The van der Waals surface area contributed by atoms with E-state index in [1.807, 2.05) is 18.2 Å². The summed E-state index contributed by atoms with van der Waals surface area (Å²) in [7, 11) is -3.63. The van der Waals surface area contributed by atoms with Gasteiger partial charge in [0.05, 0.1) is 0 Å². The van der Waals surface area contributed by atoms with Crippen molar-refractivity contribution in [1.82, 2.24) is 14.9 Å². The zero-order chi connectivity index (χ0) is 16.6. The molecule has 0 saturated heterocycles. The van der Waals surface area contributed by atoms with Crippen molar-refractivity contribution in [3.05, 3.63) is 41.1 Å². The third-order valence-electron chi connectivity index (χ3n) is 3.50. The largest absolute Gasteiger partial charge is 0.441 e. The molecule has 0 amide bonds. The Kier molecular flexibility index (Phi) is 3.95. The molecule has 0 fully saturated rings. The molecule has 0 bridgehead atoms. The number of aryl methyl sites for hydroxylation is 3. The molecule has 0 saturated carbocycles. The molecule has 3 aromatic rings. The molecule has 0 aliphatic heterocycles. The molecule has 2 aromatic heterocycles. The summed E-state index contributed by atoms with van der Waals surface area (Å²) in [5, 5.41) is 3.67. The minimum Gasteiger partial charge on any atom is -0.441 e. The van der Waals surface area contributed by atoms with E-state index in [4.69, 9.17) is 8.94 Å². The van der Waals surface area contributed by atoms with Gasteiger partial charge in [0.15, 0.2) is 17.2 Å². The predicted octanol–water partition coefficient (Wildman–Crippen LogP) is 2.26. The molecular formula is C15H17N3O4S. The summed E-state index contributed by atoms with van der Waals surface area (Å²) in [5.74, 6) is 0.894. The second kappa shape index (κ2) is 5.78. The number of nitrogens with one attached hydrogen (secondary N) is 1. The third kappa shape index (κ3) is 3.13. The van der Waals surface area contributed by atoms with Gasteiger partial charge in [0.25, 0.3) is 0 Å². The molecule has 0 aliphatic carbocycles. The van der Waals surface area contributed by atoms with E-state index in [1.165, 1.54) is 0 Å². The minimum atomic E-state index is -3.63. The Balaban J connectivity index is 1.70. The van der Waals surface area contributed by atoms with Crippen LogP contribution >= 0.6 is 0 Å². The molecular weight excluding hydrogens is 318 g/mol. The Morgan fingerprint density at radius 3 is 2.70 bits per heavy atom. The van der Waals surface area contributed by atoms with Crippen LogP contribution in [-0.2, 0) is 16.4 Å². The van der Waals surface area contributed by atoms with Gasteiger partial charge < -0.3 is 8.94 Å². The summed E-state index contributed by atoms with van der Waals surface area (Å²) < 4.78 is 37.5. The number of oxazole rings is 1. The fourth-order valence-electron chi connectivity index (χ4n) is 2.50. The molecule has 0 spiro atoms. The highest BCUT2D eigenvalue weighted by molar-refractivity contribution is 7.89. The van der Waals surface area contributed by atoms with E-state index in [9.17, 15) is 8.42 Å². The van der Waals surface area contributed by atoms with Crippen molar-refractivity contribution >= 4 is 21.1 Å². The number of rotatable bonds is 5. The average molecular weight is 335 g/mol. The van der Waals surface area contributed by atoms with E-state index >= 15 is 0 Å². The lowest BCUT2D eigenvalue weighted by Gasteiger charge is -2.06. The number of hydrogen-bond donors (Lipinski definition) is 1. The van der Waals surface area contributed by atoms with Crippen LogP contribution in [0, 0.1) is 20.8 Å². The summed E-state index contributed by atoms with van der Waals surface area (Å²) in [4.78, 5) is 4.38. The normalized spacial score (nSPS) is 12.1. The monoisotopic (exact) mass is 335 g/mol. The molecule has 2 heterocycles. The van der Waals surface area contributed by atoms with Crippen LogP contribution in [0.25, 0.3) is 11.1 Å². The molecule has 0 radical (unpaired) electrons. The fourth-order valence-corrected chi connectivity index (χ4v) is 3.86. The van der Waals surface area contributed by atoms with Crippen LogP contribution in [0.15, 0.2) is 32.0 Å². The van der Waals surface area contributed by atoms with Crippen LogP contribution in [-0.4, -0.2) is 25.1 Å². The van der Waals surface area contributed by atoms with Crippen molar-refractivity contribution in [2.45, 2.75) is 32.1 Å². The maximum atomic E-state index is 12.3. The van der Waals surface area contributed by atoms with E-state index in [-0.39, 0.29) is 17.2 Å². The van der Waals surface area contributed by atoms with E-state index in [0.29, 0.717) is 18.0 Å². The average Bonchev–Trinajstić information content (AvgIpc) is 3.00. The van der Waals surface area contributed by atoms with E-state index in [0.717, 1.165) is 16.7 Å². The van der Waals surface area contributed by atoms with Gasteiger partial charge in [-0.1, -0.05) is 11.2 Å². The van der Waals surface area contributed by atoms with Crippen LogP contribution in [0.3, 0.4) is 0 Å². The number of aromatic nitrogens is 2. The smallest absolute Gasteiger partial charge is 0.245 e. The van der Waals surface area contributed by atoms with Crippen molar-refractivity contribution in [2.75, 3.05) is 6.54 Å². The maximum Gasteiger partial charge on any atom is 0.245 e. The van der Waals surface area contributed by atoms with Crippen LogP contribution in [0.5, 0.6) is 0 Å². The van der Waals surface area contributed by atoms with Crippen molar-refractivity contribution in [2.24, 2.45) is 0 Å². The van der Waals surface area contributed by atoms with E-state index in [1.54, 1.807) is 20.8 Å². The van der Waals surface area contributed by atoms with Crippen molar-refractivity contribution in [3.8, 4) is 0 Å². The second-order valence-corrected chi connectivity index (χ2v) is 7.04. The Morgan fingerprint density at radius 2 is 2.00 bits per heavy atom.